The Kier molecular flexibility index (Phi) is 3.57. The van der Waals surface area contributed by atoms with E-state index in [1.54, 1.807) is 0 Å². The zero-order valence-electron chi connectivity index (χ0n) is 11.5. The largest absolute Gasteiger partial charge is 0.307 e. The molecular formula is C14H25N3. The van der Waals surface area contributed by atoms with Crippen molar-refractivity contribution in [1.29, 1.82) is 0 Å². The number of nitrogens with one attached hydrogen (secondary N) is 1. The molecule has 1 aromatic rings. The molecule has 0 radical (unpaired) electrons. The van der Waals surface area contributed by atoms with Crippen molar-refractivity contribution in [1.82, 2.24) is 15.1 Å². The van der Waals surface area contributed by atoms with E-state index in [0.29, 0.717) is 17.5 Å². The monoisotopic (exact) mass is 235 g/mol. The van der Waals surface area contributed by atoms with Crippen LogP contribution in [0.1, 0.15) is 58.1 Å². The Balaban J connectivity index is 1.92. The van der Waals surface area contributed by atoms with Crippen LogP contribution in [0.25, 0.3) is 0 Å². The van der Waals surface area contributed by atoms with Crippen LogP contribution < -0.4 is 5.32 Å². The van der Waals surface area contributed by atoms with E-state index >= 15 is 0 Å². The molecule has 1 saturated carbocycles. The van der Waals surface area contributed by atoms with E-state index < -0.39 is 0 Å². The van der Waals surface area contributed by atoms with Crippen molar-refractivity contribution in [2.75, 3.05) is 0 Å². The Labute approximate surface area is 105 Å². The molecule has 2 rings (SSSR count). The molecule has 17 heavy (non-hydrogen) atoms. The van der Waals surface area contributed by atoms with E-state index in [2.05, 4.69) is 37.4 Å². The van der Waals surface area contributed by atoms with E-state index in [-0.39, 0.29) is 0 Å². The van der Waals surface area contributed by atoms with Crippen LogP contribution in [-0.4, -0.2) is 15.8 Å². The number of aromatic nitrogens is 2. The van der Waals surface area contributed by atoms with E-state index in [1.807, 2.05) is 17.9 Å². The fourth-order valence-corrected chi connectivity index (χ4v) is 2.95. The number of rotatable bonds is 3. The van der Waals surface area contributed by atoms with Gasteiger partial charge in [0.05, 0.1) is 6.20 Å². The van der Waals surface area contributed by atoms with Crippen LogP contribution >= 0.6 is 0 Å². The van der Waals surface area contributed by atoms with Crippen LogP contribution in [0, 0.1) is 5.41 Å². The molecule has 0 spiro atoms. The van der Waals surface area contributed by atoms with Gasteiger partial charge in [-0.3, -0.25) is 4.68 Å². The van der Waals surface area contributed by atoms with Crippen LogP contribution in [0.4, 0.5) is 0 Å². The van der Waals surface area contributed by atoms with Crippen molar-refractivity contribution >= 4 is 0 Å². The highest BCUT2D eigenvalue weighted by atomic mass is 15.2. The maximum Gasteiger partial charge on any atom is 0.0537 e. The van der Waals surface area contributed by atoms with Crippen LogP contribution in [0.3, 0.4) is 0 Å². The van der Waals surface area contributed by atoms with Crippen molar-refractivity contribution in [2.24, 2.45) is 12.5 Å². The standard InChI is InChI=1S/C14H25N3/c1-11(12-9-15-17(4)10-12)16-13-6-5-7-14(2,3)8-13/h9-11,13,16H,5-8H2,1-4H3. The van der Waals surface area contributed by atoms with Gasteiger partial charge < -0.3 is 5.32 Å². The van der Waals surface area contributed by atoms with Crippen molar-refractivity contribution in [3.05, 3.63) is 18.0 Å². The van der Waals surface area contributed by atoms with Gasteiger partial charge in [0.15, 0.2) is 0 Å². The molecule has 96 valence electrons. The lowest BCUT2D eigenvalue weighted by Crippen LogP contribution is -2.38. The second kappa shape index (κ2) is 4.81. The molecule has 1 fully saturated rings. The first kappa shape index (κ1) is 12.6. The van der Waals surface area contributed by atoms with E-state index in [0.717, 1.165) is 0 Å². The van der Waals surface area contributed by atoms with Gasteiger partial charge in [-0.1, -0.05) is 20.3 Å². The van der Waals surface area contributed by atoms with Gasteiger partial charge in [0.2, 0.25) is 0 Å². The fourth-order valence-electron chi connectivity index (χ4n) is 2.95. The summed E-state index contributed by atoms with van der Waals surface area (Å²) in [7, 11) is 1.97. The van der Waals surface area contributed by atoms with Gasteiger partial charge in [-0.25, -0.2) is 0 Å². The fraction of sp³-hybridized carbons (Fsp3) is 0.786. The lowest BCUT2D eigenvalue weighted by molar-refractivity contribution is 0.191. The van der Waals surface area contributed by atoms with Crippen LogP contribution in [-0.2, 0) is 7.05 Å². The molecule has 3 heteroatoms. The van der Waals surface area contributed by atoms with E-state index in [4.69, 9.17) is 0 Å². The highest BCUT2D eigenvalue weighted by Crippen LogP contribution is 2.35. The second-order valence-corrected chi connectivity index (χ2v) is 6.29. The molecular weight excluding hydrogens is 210 g/mol. The average molecular weight is 235 g/mol. The topological polar surface area (TPSA) is 29.9 Å². The first-order valence-corrected chi connectivity index (χ1v) is 6.71. The number of aryl methyl sites for hydroxylation is 1. The Morgan fingerprint density at radius 2 is 2.29 bits per heavy atom. The lowest BCUT2D eigenvalue weighted by atomic mass is 9.75. The van der Waals surface area contributed by atoms with Gasteiger partial charge in [0.1, 0.15) is 0 Å². The maximum atomic E-state index is 4.24. The second-order valence-electron chi connectivity index (χ2n) is 6.29. The quantitative estimate of drug-likeness (QED) is 0.872. The summed E-state index contributed by atoms with van der Waals surface area (Å²) in [6, 6.07) is 1.07. The van der Waals surface area contributed by atoms with Crippen LogP contribution in [0.2, 0.25) is 0 Å². The number of hydrogen-bond donors (Lipinski definition) is 1. The van der Waals surface area contributed by atoms with E-state index in [1.165, 1.54) is 31.2 Å². The Bertz CT molecular complexity index is 367. The SMILES string of the molecule is CC(NC1CCCC(C)(C)C1)c1cnn(C)c1. The van der Waals surface area contributed by atoms with Crippen molar-refractivity contribution in [3.8, 4) is 0 Å². The molecule has 3 nitrogen and oxygen atoms in total. The molecule has 0 aromatic carbocycles. The zero-order valence-corrected chi connectivity index (χ0v) is 11.5. The highest BCUT2D eigenvalue weighted by molar-refractivity contribution is 5.09. The molecule has 0 aliphatic heterocycles. The summed E-state index contributed by atoms with van der Waals surface area (Å²) < 4.78 is 1.87. The molecule has 1 N–H and O–H groups in total. The summed E-state index contributed by atoms with van der Waals surface area (Å²) in [6.45, 7) is 7.00. The minimum Gasteiger partial charge on any atom is -0.307 e. The summed E-state index contributed by atoms with van der Waals surface area (Å²) in [5.41, 5.74) is 1.79. The van der Waals surface area contributed by atoms with E-state index in [9.17, 15) is 0 Å². The molecule has 0 saturated heterocycles. The summed E-state index contributed by atoms with van der Waals surface area (Å²) in [5.74, 6) is 0. The Hall–Kier alpha value is -0.830. The summed E-state index contributed by atoms with van der Waals surface area (Å²) in [4.78, 5) is 0. The van der Waals surface area contributed by atoms with Gasteiger partial charge in [-0.05, 0) is 31.6 Å². The van der Waals surface area contributed by atoms with Gasteiger partial charge >= 0.3 is 0 Å². The predicted molar refractivity (Wildman–Crippen MR) is 70.8 cm³/mol. The normalized spacial score (nSPS) is 25.8. The van der Waals surface area contributed by atoms with Gasteiger partial charge in [0, 0.05) is 30.9 Å². The third-order valence-electron chi connectivity index (χ3n) is 3.92. The molecule has 0 amide bonds. The van der Waals surface area contributed by atoms with Gasteiger partial charge in [-0.2, -0.15) is 5.10 Å². The van der Waals surface area contributed by atoms with Crippen LogP contribution in [0.5, 0.6) is 0 Å². The first-order chi connectivity index (χ1) is 7.96. The third kappa shape index (κ3) is 3.32. The minimum absolute atomic E-state index is 0.405. The smallest absolute Gasteiger partial charge is 0.0537 e. The minimum atomic E-state index is 0.405. The molecule has 2 atom stereocenters. The third-order valence-corrected chi connectivity index (χ3v) is 3.92. The maximum absolute atomic E-state index is 4.24. The summed E-state index contributed by atoms with van der Waals surface area (Å²) in [5, 5.41) is 7.99. The number of hydrogen-bond acceptors (Lipinski definition) is 2. The zero-order chi connectivity index (χ0) is 12.5. The molecule has 2 unspecified atom stereocenters. The molecule has 0 bridgehead atoms. The number of nitrogens with zero attached hydrogens (tertiary/aromatic N) is 2. The lowest BCUT2D eigenvalue weighted by Gasteiger charge is -2.37. The summed E-state index contributed by atoms with van der Waals surface area (Å²) in [6.07, 6.45) is 9.39. The van der Waals surface area contributed by atoms with Crippen LogP contribution in [0.15, 0.2) is 12.4 Å². The molecule has 1 heterocycles. The highest BCUT2D eigenvalue weighted by Gasteiger charge is 2.28. The van der Waals surface area contributed by atoms with Gasteiger partial charge in [0.25, 0.3) is 0 Å². The molecule has 1 aliphatic rings. The molecule has 1 aromatic heterocycles. The first-order valence-electron chi connectivity index (χ1n) is 6.71. The molecule has 1 aliphatic carbocycles. The van der Waals surface area contributed by atoms with Crippen molar-refractivity contribution in [2.45, 2.75) is 58.5 Å². The Morgan fingerprint density at radius 3 is 2.88 bits per heavy atom. The summed E-state index contributed by atoms with van der Waals surface area (Å²) >= 11 is 0. The Morgan fingerprint density at radius 1 is 1.53 bits per heavy atom. The van der Waals surface area contributed by atoms with Gasteiger partial charge in [-0.15, -0.1) is 0 Å². The van der Waals surface area contributed by atoms with Crippen molar-refractivity contribution in [3.63, 3.8) is 0 Å². The average Bonchev–Trinajstić information content (AvgIpc) is 2.63. The van der Waals surface area contributed by atoms with Crippen molar-refractivity contribution < 1.29 is 0 Å². The predicted octanol–water partition coefficient (Wildman–Crippen LogP) is 3.04.